The summed E-state index contributed by atoms with van der Waals surface area (Å²) < 4.78 is 4.99. The molecule has 0 fully saturated rings. The van der Waals surface area contributed by atoms with E-state index in [9.17, 15) is 0 Å². The van der Waals surface area contributed by atoms with Crippen molar-refractivity contribution in [1.29, 1.82) is 0 Å². The number of fused-ring (bicyclic) bond motifs is 1. The number of ether oxygens (including phenoxy) is 1. The number of hydrogen-bond acceptors (Lipinski definition) is 4. The average molecular weight is 241 g/mol. The van der Waals surface area contributed by atoms with Crippen molar-refractivity contribution in [2.24, 2.45) is 0 Å². The topological polar surface area (TPSA) is 35.0 Å². The van der Waals surface area contributed by atoms with Crippen LogP contribution in [0.1, 0.15) is 0 Å². The van der Waals surface area contributed by atoms with E-state index in [2.05, 4.69) is 33.7 Å². The third-order valence-corrected chi connectivity index (χ3v) is 3.37. The standard InChI is InChI=1S/C13H9N2OS/c1-16-13-14-7-10-11(8-17-12(10)15-13)9-5-3-2-4-6-9/h2-6,8H,1H3. The summed E-state index contributed by atoms with van der Waals surface area (Å²) in [5.41, 5.74) is 2.28. The van der Waals surface area contributed by atoms with E-state index in [0.717, 1.165) is 21.3 Å². The van der Waals surface area contributed by atoms with Crippen LogP contribution in [-0.4, -0.2) is 17.1 Å². The average Bonchev–Trinajstić information content (AvgIpc) is 2.82. The Balaban J connectivity index is 2.19. The van der Waals surface area contributed by atoms with Gasteiger partial charge in [0, 0.05) is 16.3 Å². The molecule has 1 radical (unpaired) electrons. The molecule has 3 rings (SSSR count). The first-order valence-corrected chi connectivity index (χ1v) is 6.03. The van der Waals surface area contributed by atoms with Crippen molar-refractivity contribution in [3.05, 3.63) is 41.9 Å². The zero-order valence-electron chi connectivity index (χ0n) is 9.18. The van der Waals surface area contributed by atoms with E-state index in [-0.39, 0.29) is 0 Å². The van der Waals surface area contributed by atoms with Gasteiger partial charge in [0.05, 0.1) is 7.11 Å². The van der Waals surface area contributed by atoms with E-state index in [4.69, 9.17) is 4.74 Å². The maximum Gasteiger partial charge on any atom is 0.318 e. The molecule has 0 bridgehead atoms. The molecule has 2 aromatic heterocycles. The summed E-state index contributed by atoms with van der Waals surface area (Å²) in [7, 11) is 1.56. The minimum atomic E-state index is 0.360. The molecule has 0 atom stereocenters. The third-order valence-electron chi connectivity index (χ3n) is 2.50. The number of nitrogens with zero attached hydrogens (tertiary/aromatic N) is 2. The SMILES string of the molecule is COc1n[c]c2c(-c3ccccc3)csc2n1. The van der Waals surface area contributed by atoms with Gasteiger partial charge < -0.3 is 4.74 Å². The Hall–Kier alpha value is -1.94. The molecular formula is C13H9N2OS. The largest absolute Gasteiger partial charge is 0.467 e. The second kappa shape index (κ2) is 4.14. The van der Waals surface area contributed by atoms with E-state index in [1.165, 1.54) is 0 Å². The van der Waals surface area contributed by atoms with Crippen LogP contribution in [0.3, 0.4) is 0 Å². The smallest absolute Gasteiger partial charge is 0.318 e. The minimum Gasteiger partial charge on any atom is -0.467 e. The van der Waals surface area contributed by atoms with Gasteiger partial charge in [0.15, 0.2) is 0 Å². The Kier molecular flexibility index (Phi) is 2.49. The van der Waals surface area contributed by atoms with Crippen molar-refractivity contribution in [3.63, 3.8) is 0 Å². The Morgan fingerprint density at radius 2 is 2.06 bits per heavy atom. The molecule has 83 valence electrons. The van der Waals surface area contributed by atoms with E-state index < -0.39 is 0 Å². The van der Waals surface area contributed by atoms with Gasteiger partial charge in [-0.3, -0.25) is 0 Å². The van der Waals surface area contributed by atoms with Gasteiger partial charge in [-0.1, -0.05) is 30.3 Å². The summed E-state index contributed by atoms with van der Waals surface area (Å²) in [5.74, 6) is 0. The van der Waals surface area contributed by atoms with Gasteiger partial charge in [0.25, 0.3) is 0 Å². The summed E-state index contributed by atoms with van der Waals surface area (Å²) in [6, 6.07) is 10.5. The summed E-state index contributed by atoms with van der Waals surface area (Å²) in [6.45, 7) is 0. The molecule has 0 N–H and O–H groups in total. The summed E-state index contributed by atoms with van der Waals surface area (Å²) in [5, 5.41) is 3.02. The number of aromatic nitrogens is 2. The maximum absolute atomic E-state index is 4.99. The van der Waals surface area contributed by atoms with Crippen molar-refractivity contribution >= 4 is 21.6 Å². The number of rotatable bonds is 2. The molecule has 0 aliphatic rings. The number of methoxy groups -OCH3 is 1. The van der Waals surface area contributed by atoms with Gasteiger partial charge in [0.2, 0.25) is 0 Å². The monoisotopic (exact) mass is 241 g/mol. The van der Waals surface area contributed by atoms with Crippen molar-refractivity contribution in [3.8, 4) is 17.1 Å². The number of benzene rings is 1. The van der Waals surface area contributed by atoms with E-state index in [1.54, 1.807) is 18.4 Å². The van der Waals surface area contributed by atoms with Crippen LogP contribution in [0.2, 0.25) is 0 Å². The normalized spacial score (nSPS) is 10.6. The molecular weight excluding hydrogens is 232 g/mol. The van der Waals surface area contributed by atoms with Crippen LogP contribution in [0, 0.1) is 6.20 Å². The van der Waals surface area contributed by atoms with Crippen molar-refractivity contribution in [2.45, 2.75) is 0 Å². The Bertz CT molecular complexity index is 649. The third kappa shape index (κ3) is 1.76. The lowest BCUT2D eigenvalue weighted by Crippen LogP contribution is -1.90. The molecule has 17 heavy (non-hydrogen) atoms. The highest BCUT2D eigenvalue weighted by atomic mass is 32.1. The van der Waals surface area contributed by atoms with Crippen LogP contribution in [0.5, 0.6) is 6.01 Å². The minimum absolute atomic E-state index is 0.360. The van der Waals surface area contributed by atoms with Gasteiger partial charge in [-0.25, -0.2) is 0 Å². The van der Waals surface area contributed by atoms with Gasteiger partial charge in [0.1, 0.15) is 11.0 Å². The van der Waals surface area contributed by atoms with Gasteiger partial charge in [-0.15, -0.1) is 11.3 Å². The van der Waals surface area contributed by atoms with E-state index in [1.807, 2.05) is 18.2 Å². The summed E-state index contributed by atoms with van der Waals surface area (Å²) in [4.78, 5) is 9.22. The molecule has 0 amide bonds. The Morgan fingerprint density at radius 1 is 1.24 bits per heavy atom. The molecule has 0 unspecified atom stereocenters. The molecule has 3 nitrogen and oxygen atoms in total. The predicted octanol–water partition coefficient (Wildman–Crippen LogP) is 3.17. The second-order valence-corrected chi connectivity index (χ2v) is 4.38. The van der Waals surface area contributed by atoms with Crippen LogP contribution < -0.4 is 4.74 Å². The van der Waals surface area contributed by atoms with Crippen LogP contribution in [-0.2, 0) is 0 Å². The molecule has 0 saturated heterocycles. The van der Waals surface area contributed by atoms with E-state index in [0.29, 0.717) is 6.01 Å². The lowest BCUT2D eigenvalue weighted by Gasteiger charge is -1.99. The summed E-state index contributed by atoms with van der Waals surface area (Å²) >= 11 is 1.58. The fraction of sp³-hybridized carbons (Fsp3) is 0.0769. The Morgan fingerprint density at radius 3 is 2.82 bits per heavy atom. The van der Waals surface area contributed by atoms with Gasteiger partial charge >= 0.3 is 6.01 Å². The highest BCUT2D eigenvalue weighted by Gasteiger charge is 2.09. The second-order valence-electron chi connectivity index (χ2n) is 3.52. The quantitative estimate of drug-likeness (QED) is 0.691. The lowest BCUT2D eigenvalue weighted by atomic mass is 10.1. The molecule has 3 aromatic rings. The van der Waals surface area contributed by atoms with Crippen LogP contribution in [0.25, 0.3) is 21.3 Å². The first-order chi connectivity index (χ1) is 8.38. The van der Waals surface area contributed by atoms with Crippen molar-refractivity contribution in [1.82, 2.24) is 9.97 Å². The van der Waals surface area contributed by atoms with Gasteiger partial charge in [-0.2, -0.15) is 9.97 Å². The molecule has 1 aromatic carbocycles. The van der Waals surface area contributed by atoms with Crippen molar-refractivity contribution in [2.75, 3.05) is 7.11 Å². The molecule has 2 heterocycles. The van der Waals surface area contributed by atoms with Gasteiger partial charge in [-0.05, 0) is 5.56 Å². The lowest BCUT2D eigenvalue weighted by molar-refractivity contribution is 0.381. The molecule has 0 aliphatic carbocycles. The highest BCUT2D eigenvalue weighted by Crippen LogP contribution is 2.32. The number of hydrogen-bond donors (Lipinski definition) is 0. The molecule has 4 heteroatoms. The fourth-order valence-electron chi connectivity index (χ4n) is 1.68. The van der Waals surface area contributed by atoms with Crippen molar-refractivity contribution < 1.29 is 4.74 Å². The predicted molar refractivity (Wildman–Crippen MR) is 68.2 cm³/mol. The zero-order chi connectivity index (χ0) is 11.7. The maximum atomic E-state index is 4.99. The highest BCUT2D eigenvalue weighted by molar-refractivity contribution is 7.17. The molecule has 0 saturated carbocycles. The first kappa shape index (κ1) is 10.2. The molecule has 0 spiro atoms. The van der Waals surface area contributed by atoms with Crippen LogP contribution >= 0.6 is 11.3 Å². The van der Waals surface area contributed by atoms with E-state index >= 15 is 0 Å². The Labute approximate surface area is 103 Å². The summed E-state index contributed by atoms with van der Waals surface area (Å²) in [6.07, 6.45) is 2.99. The first-order valence-electron chi connectivity index (χ1n) is 5.15. The van der Waals surface area contributed by atoms with Crippen LogP contribution in [0.4, 0.5) is 0 Å². The number of thiophene rings is 1. The fourth-order valence-corrected chi connectivity index (χ4v) is 2.56. The molecule has 0 aliphatic heterocycles. The zero-order valence-corrected chi connectivity index (χ0v) is 9.99. The van der Waals surface area contributed by atoms with Crippen LogP contribution in [0.15, 0.2) is 35.7 Å².